The molecule has 6 heteroatoms. The number of ether oxygens (including phenoxy) is 1. The highest BCUT2D eigenvalue weighted by Crippen LogP contribution is 2.48. The van der Waals surface area contributed by atoms with Crippen LogP contribution in [0.2, 0.25) is 0 Å². The number of carboxylic acids is 1. The molecule has 2 N–H and O–H groups in total. The first-order chi connectivity index (χ1) is 13.0. The minimum absolute atomic E-state index is 0.0628. The van der Waals surface area contributed by atoms with Gasteiger partial charge in [0, 0.05) is 25.2 Å². The maximum Gasteiger partial charge on any atom is 0.317 e. The topological polar surface area (TPSA) is 78.9 Å². The number of nitrogens with one attached hydrogen (secondary N) is 1. The minimum atomic E-state index is -0.768. The molecule has 4 rings (SSSR count). The van der Waals surface area contributed by atoms with Crippen molar-refractivity contribution < 1.29 is 19.4 Å². The van der Waals surface area contributed by atoms with Gasteiger partial charge in [-0.3, -0.25) is 4.79 Å². The van der Waals surface area contributed by atoms with E-state index in [4.69, 9.17) is 4.74 Å². The first kappa shape index (κ1) is 17.6. The number of likely N-dealkylation sites (tertiary alicyclic amines) is 1. The van der Waals surface area contributed by atoms with Crippen molar-refractivity contribution in [1.29, 1.82) is 0 Å². The van der Waals surface area contributed by atoms with E-state index in [2.05, 4.69) is 5.32 Å². The van der Waals surface area contributed by atoms with Crippen LogP contribution < -0.4 is 10.1 Å². The third-order valence-corrected chi connectivity index (χ3v) is 6.22. The molecule has 0 bridgehead atoms. The van der Waals surface area contributed by atoms with Crippen LogP contribution in [0, 0.1) is 11.3 Å². The van der Waals surface area contributed by atoms with Crippen molar-refractivity contribution in [2.45, 2.75) is 25.8 Å². The third kappa shape index (κ3) is 2.89. The molecule has 0 spiro atoms. The van der Waals surface area contributed by atoms with Gasteiger partial charge in [0.05, 0.1) is 12.5 Å². The average molecular weight is 368 g/mol. The molecule has 2 atom stereocenters. The molecule has 1 saturated heterocycles. The second kappa shape index (κ2) is 6.76. The smallest absolute Gasteiger partial charge is 0.317 e. The zero-order chi connectivity index (χ0) is 19.0. The van der Waals surface area contributed by atoms with Crippen LogP contribution in [0.1, 0.15) is 24.8 Å². The van der Waals surface area contributed by atoms with Crippen LogP contribution in [0.15, 0.2) is 36.4 Å². The summed E-state index contributed by atoms with van der Waals surface area (Å²) in [4.78, 5) is 26.2. The number of nitrogens with zero attached hydrogens (tertiary/aromatic N) is 1. The highest BCUT2D eigenvalue weighted by Gasteiger charge is 2.55. The summed E-state index contributed by atoms with van der Waals surface area (Å²) < 4.78 is 5.48. The standard InChI is InChI=1S/C21H24N2O4/c1-27-18-9-8-14-5-2-3-7-16(14)17(18)11-22-20(26)23-12-15-6-4-10-21(15,13-23)19(24)25/h2-3,5,7-9,15H,4,6,10-13H2,1H3,(H,22,26)(H,24,25)/t15-,21+/m0/s1. The molecule has 142 valence electrons. The summed E-state index contributed by atoms with van der Waals surface area (Å²) in [5.74, 6) is 0.0261. The van der Waals surface area contributed by atoms with Crippen LogP contribution in [0.25, 0.3) is 10.8 Å². The van der Waals surface area contributed by atoms with Crippen molar-refractivity contribution in [2.24, 2.45) is 11.3 Å². The lowest BCUT2D eigenvalue weighted by atomic mass is 9.81. The number of benzene rings is 2. The summed E-state index contributed by atoms with van der Waals surface area (Å²) in [6.45, 7) is 1.15. The van der Waals surface area contributed by atoms with Crippen LogP contribution in [-0.4, -0.2) is 42.2 Å². The predicted molar refractivity (Wildman–Crippen MR) is 102 cm³/mol. The SMILES string of the molecule is COc1ccc2ccccc2c1CNC(=O)N1C[C@@H]2CCC[C@@]2(C(=O)O)C1. The first-order valence-corrected chi connectivity index (χ1v) is 9.36. The molecule has 2 aliphatic rings. The Balaban J connectivity index is 1.51. The van der Waals surface area contributed by atoms with Gasteiger partial charge in [-0.1, -0.05) is 36.8 Å². The maximum absolute atomic E-state index is 12.7. The molecule has 1 saturated carbocycles. The summed E-state index contributed by atoms with van der Waals surface area (Å²) in [5.41, 5.74) is 0.172. The van der Waals surface area contributed by atoms with Gasteiger partial charge in [-0.2, -0.15) is 0 Å². The lowest BCUT2D eigenvalue weighted by Gasteiger charge is -2.23. The Morgan fingerprint density at radius 2 is 2.11 bits per heavy atom. The van der Waals surface area contributed by atoms with E-state index >= 15 is 0 Å². The van der Waals surface area contributed by atoms with Gasteiger partial charge >= 0.3 is 12.0 Å². The zero-order valence-electron chi connectivity index (χ0n) is 15.4. The van der Waals surface area contributed by atoms with E-state index in [0.29, 0.717) is 26.1 Å². The summed E-state index contributed by atoms with van der Waals surface area (Å²) in [5, 5.41) is 14.8. The Morgan fingerprint density at radius 3 is 2.85 bits per heavy atom. The second-order valence-corrected chi connectivity index (χ2v) is 7.56. The number of carboxylic acid groups (broad SMARTS) is 1. The Labute approximate surface area is 158 Å². The normalized spacial score (nSPS) is 24.0. The Kier molecular flexibility index (Phi) is 4.42. The highest BCUT2D eigenvalue weighted by molar-refractivity contribution is 5.88. The third-order valence-electron chi connectivity index (χ3n) is 6.22. The van der Waals surface area contributed by atoms with E-state index in [1.165, 1.54) is 0 Å². The first-order valence-electron chi connectivity index (χ1n) is 9.36. The van der Waals surface area contributed by atoms with E-state index in [0.717, 1.165) is 34.9 Å². The number of aliphatic carboxylic acids is 1. The molecule has 0 unspecified atom stereocenters. The fraction of sp³-hybridized carbons (Fsp3) is 0.429. The van der Waals surface area contributed by atoms with Crippen molar-refractivity contribution in [1.82, 2.24) is 10.2 Å². The molecule has 1 aliphatic heterocycles. The molecule has 6 nitrogen and oxygen atoms in total. The summed E-state index contributed by atoms with van der Waals surface area (Å²) in [7, 11) is 1.62. The fourth-order valence-electron chi connectivity index (χ4n) is 4.76. The molecule has 0 radical (unpaired) electrons. The molecule has 2 aromatic carbocycles. The van der Waals surface area contributed by atoms with Crippen molar-refractivity contribution >= 4 is 22.8 Å². The van der Waals surface area contributed by atoms with E-state index < -0.39 is 11.4 Å². The maximum atomic E-state index is 12.7. The van der Waals surface area contributed by atoms with Gasteiger partial charge in [0.25, 0.3) is 0 Å². The molecule has 2 amide bonds. The molecule has 0 aromatic heterocycles. The van der Waals surface area contributed by atoms with Crippen molar-refractivity contribution in [3.8, 4) is 5.75 Å². The van der Waals surface area contributed by atoms with Crippen LogP contribution in [0.5, 0.6) is 5.75 Å². The number of carbonyl (C=O) groups excluding carboxylic acids is 1. The van der Waals surface area contributed by atoms with Crippen molar-refractivity contribution in [3.63, 3.8) is 0 Å². The van der Waals surface area contributed by atoms with E-state index in [1.807, 2.05) is 36.4 Å². The molecule has 2 fully saturated rings. The van der Waals surface area contributed by atoms with Gasteiger partial charge in [0.1, 0.15) is 5.75 Å². The average Bonchev–Trinajstić information content (AvgIpc) is 3.24. The largest absolute Gasteiger partial charge is 0.496 e. The molecule has 27 heavy (non-hydrogen) atoms. The van der Waals surface area contributed by atoms with Crippen LogP contribution >= 0.6 is 0 Å². The van der Waals surface area contributed by atoms with Gasteiger partial charge in [-0.15, -0.1) is 0 Å². The van der Waals surface area contributed by atoms with E-state index in [9.17, 15) is 14.7 Å². The highest BCUT2D eigenvalue weighted by atomic mass is 16.5. The monoisotopic (exact) mass is 368 g/mol. The number of fused-ring (bicyclic) bond motifs is 2. The lowest BCUT2D eigenvalue weighted by molar-refractivity contribution is -0.149. The summed E-state index contributed by atoms with van der Waals surface area (Å²) in [6, 6.07) is 11.7. The number of rotatable bonds is 4. The van der Waals surface area contributed by atoms with Crippen LogP contribution in [0.4, 0.5) is 4.79 Å². The lowest BCUT2D eigenvalue weighted by Crippen LogP contribution is -2.41. The number of amides is 2. The molecule has 1 aliphatic carbocycles. The summed E-state index contributed by atoms with van der Waals surface area (Å²) >= 11 is 0. The van der Waals surface area contributed by atoms with Crippen LogP contribution in [-0.2, 0) is 11.3 Å². The minimum Gasteiger partial charge on any atom is -0.496 e. The zero-order valence-corrected chi connectivity index (χ0v) is 15.4. The summed E-state index contributed by atoms with van der Waals surface area (Å²) in [6.07, 6.45) is 2.47. The molecular formula is C21H24N2O4. The van der Waals surface area contributed by atoms with E-state index in [1.54, 1.807) is 12.0 Å². The van der Waals surface area contributed by atoms with E-state index in [-0.39, 0.29) is 11.9 Å². The second-order valence-electron chi connectivity index (χ2n) is 7.56. The number of hydrogen-bond donors (Lipinski definition) is 2. The number of urea groups is 1. The number of hydrogen-bond acceptors (Lipinski definition) is 3. The van der Waals surface area contributed by atoms with Gasteiger partial charge < -0.3 is 20.1 Å². The Morgan fingerprint density at radius 1 is 1.30 bits per heavy atom. The quantitative estimate of drug-likeness (QED) is 0.868. The van der Waals surface area contributed by atoms with Crippen molar-refractivity contribution in [2.75, 3.05) is 20.2 Å². The molecular weight excluding hydrogens is 344 g/mol. The van der Waals surface area contributed by atoms with Crippen molar-refractivity contribution in [3.05, 3.63) is 42.0 Å². The fourth-order valence-corrected chi connectivity index (χ4v) is 4.76. The van der Waals surface area contributed by atoms with Gasteiger partial charge in [-0.05, 0) is 35.6 Å². The molecule has 2 aromatic rings. The Hall–Kier alpha value is -2.76. The van der Waals surface area contributed by atoms with Crippen LogP contribution in [0.3, 0.4) is 0 Å². The number of carbonyl (C=O) groups is 2. The molecule has 1 heterocycles. The predicted octanol–water partition coefficient (Wildman–Crippen LogP) is 3.24. The van der Waals surface area contributed by atoms with Gasteiger partial charge in [0.2, 0.25) is 0 Å². The van der Waals surface area contributed by atoms with Gasteiger partial charge in [-0.25, -0.2) is 4.79 Å². The number of methoxy groups -OCH3 is 1. The Bertz CT molecular complexity index is 897. The van der Waals surface area contributed by atoms with Gasteiger partial charge in [0.15, 0.2) is 0 Å².